The zero-order valence-electron chi connectivity index (χ0n) is 12.7. The number of benzene rings is 2. The number of carbonyl (C=O) groups is 2. The standard InChI is InChI=1S/C16H14N2O6/c1-23-16(20)11-3-2-4-14(9-11)24-10-15(19)17-12-5-7-13(8-6-12)18(21)22/h2-9H,10H2,1H3,(H,17,19). The maximum atomic E-state index is 11.8. The van der Waals surface area contributed by atoms with Crippen molar-refractivity contribution in [2.24, 2.45) is 0 Å². The molecular weight excluding hydrogens is 316 g/mol. The van der Waals surface area contributed by atoms with E-state index in [1.54, 1.807) is 18.2 Å². The molecule has 0 unspecified atom stereocenters. The molecule has 0 saturated heterocycles. The maximum absolute atomic E-state index is 11.8. The molecule has 24 heavy (non-hydrogen) atoms. The van der Waals surface area contributed by atoms with Gasteiger partial charge in [-0.05, 0) is 30.3 Å². The van der Waals surface area contributed by atoms with Crippen molar-refractivity contribution in [3.05, 3.63) is 64.2 Å². The zero-order valence-corrected chi connectivity index (χ0v) is 12.7. The minimum absolute atomic E-state index is 0.0659. The molecule has 2 aromatic carbocycles. The van der Waals surface area contributed by atoms with Crippen LogP contribution in [0.2, 0.25) is 0 Å². The lowest BCUT2D eigenvalue weighted by Crippen LogP contribution is -2.20. The summed E-state index contributed by atoms with van der Waals surface area (Å²) in [5, 5.41) is 13.1. The maximum Gasteiger partial charge on any atom is 0.337 e. The summed E-state index contributed by atoms with van der Waals surface area (Å²) in [6, 6.07) is 11.7. The Hall–Kier alpha value is -3.42. The number of nitro benzene ring substituents is 1. The van der Waals surface area contributed by atoms with Gasteiger partial charge in [-0.3, -0.25) is 14.9 Å². The molecule has 0 aromatic heterocycles. The van der Waals surface area contributed by atoms with Crippen molar-refractivity contribution in [1.82, 2.24) is 0 Å². The second-order valence-electron chi connectivity index (χ2n) is 4.66. The predicted molar refractivity (Wildman–Crippen MR) is 85.0 cm³/mol. The number of hydrogen-bond acceptors (Lipinski definition) is 6. The molecule has 0 bridgehead atoms. The van der Waals surface area contributed by atoms with Crippen LogP contribution in [0.1, 0.15) is 10.4 Å². The van der Waals surface area contributed by atoms with Gasteiger partial charge in [-0.25, -0.2) is 4.79 Å². The lowest BCUT2D eigenvalue weighted by atomic mass is 10.2. The van der Waals surface area contributed by atoms with Crippen LogP contribution in [0, 0.1) is 10.1 Å². The van der Waals surface area contributed by atoms with Gasteiger partial charge >= 0.3 is 5.97 Å². The van der Waals surface area contributed by atoms with Crippen molar-refractivity contribution in [3.8, 4) is 5.75 Å². The highest BCUT2D eigenvalue weighted by Crippen LogP contribution is 2.16. The number of hydrogen-bond donors (Lipinski definition) is 1. The van der Waals surface area contributed by atoms with Gasteiger partial charge in [0.2, 0.25) is 0 Å². The molecule has 0 aliphatic carbocycles. The van der Waals surface area contributed by atoms with Crippen molar-refractivity contribution in [2.45, 2.75) is 0 Å². The third kappa shape index (κ3) is 4.54. The van der Waals surface area contributed by atoms with Gasteiger partial charge in [0.25, 0.3) is 11.6 Å². The number of esters is 1. The Morgan fingerprint density at radius 3 is 2.50 bits per heavy atom. The van der Waals surface area contributed by atoms with E-state index in [2.05, 4.69) is 10.1 Å². The minimum Gasteiger partial charge on any atom is -0.484 e. The summed E-state index contributed by atoms with van der Waals surface area (Å²) in [4.78, 5) is 33.3. The second-order valence-corrected chi connectivity index (χ2v) is 4.66. The Morgan fingerprint density at radius 1 is 1.17 bits per heavy atom. The first-order valence-corrected chi connectivity index (χ1v) is 6.85. The lowest BCUT2D eigenvalue weighted by Gasteiger charge is -2.08. The van der Waals surface area contributed by atoms with E-state index in [0.29, 0.717) is 17.0 Å². The highest BCUT2D eigenvalue weighted by Gasteiger charge is 2.09. The second kappa shape index (κ2) is 7.73. The van der Waals surface area contributed by atoms with Crippen LogP contribution in [-0.4, -0.2) is 30.5 Å². The van der Waals surface area contributed by atoms with E-state index in [1.807, 2.05) is 0 Å². The van der Waals surface area contributed by atoms with Gasteiger partial charge in [0, 0.05) is 17.8 Å². The molecule has 1 amide bonds. The fourth-order valence-corrected chi connectivity index (χ4v) is 1.84. The number of nitro groups is 1. The summed E-state index contributed by atoms with van der Waals surface area (Å²) in [7, 11) is 1.27. The van der Waals surface area contributed by atoms with Crippen LogP contribution in [0.3, 0.4) is 0 Å². The topological polar surface area (TPSA) is 108 Å². The number of ether oxygens (including phenoxy) is 2. The van der Waals surface area contributed by atoms with E-state index in [9.17, 15) is 19.7 Å². The Kier molecular flexibility index (Phi) is 5.45. The molecule has 0 aliphatic rings. The molecule has 0 fully saturated rings. The Bertz CT molecular complexity index is 757. The van der Waals surface area contributed by atoms with Gasteiger partial charge < -0.3 is 14.8 Å². The number of non-ortho nitro benzene ring substituents is 1. The Balaban J connectivity index is 1.91. The fourth-order valence-electron chi connectivity index (χ4n) is 1.84. The lowest BCUT2D eigenvalue weighted by molar-refractivity contribution is -0.384. The van der Waals surface area contributed by atoms with E-state index < -0.39 is 16.8 Å². The minimum atomic E-state index is -0.525. The van der Waals surface area contributed by atoms with Gasteiger partial charge in [-0.2, -0.15) is 0 Å². The summed E-state index contributed by atoms with van der Waals surface area (Å²) in [6.45, 7) is -0.276. The van der Waals surface area contributed by atoms with E-state index in [1.165, 1.54) is 37.4 Å². The van der Waals surface area contributed by atoms with Gasteiger partial charge in [-0.1, -0.05) is 6.07 Å². The van der Waals surface area contributed by atoms with Crippen LogP contribution in [-0.2, 0) is 9.53 Å². The molecule has 2 rings (SSSR count). The van der Waals surface area contributed by atoms with Crippen molar-refractivity contribution in [2.75, 3.05) is 19.0 Å². The number of carbonyl (C=O) groups excluding carboxylic acids is 2. The summed E-state index contributed by atoms with van der Waals surface area (Å²) in [5.41, 5.74) is 0.659. The molecular formula is C16H14N2O6. The van der Waals surface area contributed by atoms with Gasteiger partial charge in [-0.15, -0.1) is 0 Å². The molecule has 8 heteroatoms. The van der Waals surface area contributed by atoms with E-state index >= 15 is 0 Å². The number of anilines is 1. The van der Waals surface area contributed by atoms with Crippen LogP contribution in [0.5, 0.6) is 5.75 Å². The van der Waals surface area contributed by atoms with E-state index in [4.69, 9.17) is 4.74 Å². The normalized spacial score (nSPS) is 9.88. The number of amides is 1. The highest BCUT2D eigenvalue weighted by atomic mass is 16.6. The molecule has 0 radical (unpaired) electrons. The van der Waals surface area contributed by atoms with E-state index in [-0.39, 0.29) is 12.3 Å². The van der Waals surface area contributed by atoms with Gasteiger partial charge in [0.15, 0.2) is 6.61 Å². The molecule has 0 spiro atoms. The van der Waals surface area contributed by atoms with Crippen molar-refractivity contribution in [3.63, 3.8) is 0 Å². The summed E-state index contributed by atoms with van der Waals surface area (Å²) in [5.74, 6) is -0.597. The Morgan fingerprint density at radius 2 is 1.88 bits per heavy atom. The van der Waals surface area contributed by atoms with Crippen LogP contribution >= 0.6 is 0 Å². The quantitative estimate of drug-likeness (QED) is 0.495. The molecule has 8 nitrogen and oxygen atoms in total. The first kappa shape index (κ1) is 16.9. The third-order valence-corrected chi connectivity index (χ3v) is 2.99. The third-order valence-electron chi connectivity index (χ3n) is 2.99. The van der Waals surface area contributed by atoms with Crippen molar-refractivity contribution >= 4 is 23.3 Å². The monoisotopic (exact) mass is 330 g/mol. The van der Waals surface area contributed by atoms with Crippen LogP contribution < -0.4 is 10.1 Å². The zero-order chi connectivity index (χ0) is 17.5. The molecule has 0 atom stereocenters. The predicted octanol–water partition coefficient (Wildman–Crippen LogP) is 2.40. The first-order valence-electron chi connectivity index (χ1n) is 6.85. The number of rotatable bonds is 6. The highest BCUT2D eigenvalue weighted by molar-refractivity contribution is 5.92. The summed E-state index contributed by atoms with van der Waals surface area (Å²) in [6.07, 6.45) is 0. The molecule has 2 aromatic rings. The van der Waals surface area contributed by atoms with Gasteiger partial charge in [0.05, 0.1) is 17.6 Å². The smallest absolute Gasteiger partial charge is 0.337 e. The Labute approximate surface area is 137 Å². The molecule has 124 valence electrons. The SMILES string of the molecule is COC(=O)c1cccc(OCC(=O)Nc2ccc([N+](=O)[O-])cc2)c1. The summed E-state index contributed by atoms with van der Waals surface area (Å²) < 4.78 is 9.91. The number of nitrogens with one attached hydrogen (secondary N) is 1. The fraction of sp³-hybridized carbons (Fsp3) is 0.125. The van der Waals surface area contributed by atoms with Crippen LogP contribution in [0.4, 0.5) is 11.4 Å². The van der Waals surface area contributed by atoms with Crippen molar-refractivity contribution in [1.29, 1.82) is 0 Å². The largest absolute Gasteiger partial charge is 0.484 e. The molecule has 0 aliphatic heterocycles. The molecule has 0 saturated carbocycles. The van der Waals surface area contributed by atoms with Gasteiger partial charge in [0.1, 0.15) is 5.75 Å². The average Bonchev–Trinajstić information content (AvgIpc) is 2.60. The average molecular weight is 330 g/mol. The summed E-state index contributed by atoms with van der Waals surface area (Å²) >= 11 is 0. The number of methoxy groups -OCH3 is 1. The van der Waals surface area contributed by atoms with E-state index in [0.717, 1.165) is 0 Å². The first-order chi connectivity index (χ1) is 11.5. The number of nitrogens with zero attached hydrogens (tertiary/aromatic N) is 1. The van der Waals surface area contributed by atoms with Crippen LogP contribution in [0.15, 0.2) is 48.5 Å². The molecule has 1 N–H and O–H groups in total. The van der Waals surface area contributed by atoms with Crippen molar-refractivity contribution < 1.29 is 24.0 Å². The molecule has 0 heterocycles. The van der Waals surface area contributed by atoms with Crippen LogP contribution in [0.25, 0.3) is 0 Å².